The summed E-state index contributed by atoms with van der Waals surface area (Å²) in [5, 5.41) is 12.7. The highest BCUT2D eigenvalue weighted by Crippen LogP contribution is 2.27. The second-order valence-corrected chi connectivity index (χ2v) is 8.90. The molecule has 0 aliphatic carbocycles. The minimum absolute atomic E-state index is 0.147. The zero-order valence-corrected chi connectivity index (χ0v) is 19.5. The quantitative estimate of drug-likeness (QED) is 0.688. The van der Waals surface area contributed by atoms with Crippen LogP contribution >= 0.6 is 0 Å². The largest absolute Gasteiger partial charge is 0.467 e. The van der Waals surface area contributed by atoms with Gasteiger partial charge in [0.15, 0.2) is 0 Å². The first-order valence-electron chi connectivity index (χ1n) is 11.6. The molecule has 0 aromatic carbocycles. The van der Waals surface area contributed by atoms with Gasteiger partial charge in [-0.1, -0.05) is 0 Å². The second-order valence-electron chi connectivity index (χ2n) is 8.90. The Labute approximate surface area is 194 Å². The number of rotatable bonds is 7. The van der Waals surface area contributed by atoms with Crippen LogP contribution < -0.4 is 5.32 Å². The maximum Gasteiger partial charge on any atom is 0.239 e. The van der Waals surface area contributed by atoms with E-state index in [9.17, 15) is 14.9 Å². The summed E-state index contributed by atoms with van der Waals surface area (Å²) < 4.78 is 7.39. The van der Waals surface area contributed by atoms with Crippen molar-refractivity contribution in [2.45, 2.75) is 33.2 Å². The molecule has 0 radical (unpaired) electrons. The average molecular weight is 453 g/mol. The minimum atomic E-state index is -0.147. The van der Waals surface area contributed by atoms with Crippen molar-refractivity contribution in [3.8, 4) is 6.07 Å². The van der Waals surface area contributed by atoms with Crippen LogP contribution in [0.15, 0.2) is 22.8 Å². The van der Waals surface area contributed by atoms with E-state index >= 15 is 0 Å². The third-order valence-electron chi connectivity index (χ3n) is 6.74. The first-order chi connectivity index (χ1) is 16.0. The molecule has 0 unspecified atom stereocenters. The average Bonchev–Trinajstić information content (AvgIpc) is 3.55. The third kappa shape index (κ3) is 5.29. The van der Waals surface area contributed by atoms with Gasteiger partial charge >= 0.3 is 0 Å². The Hall–Kier alpha value is -3.09. The highest BCUT2D eigenvalue weighted by atomic mass is 16.3. The topological polar surface area (TPSA) is 97.7 Å². The molecule has 2 fully saturated rings. The van der Waals surface area contributed by atoms with Gasteiger partial charge in [-0.05, 0) is 44.4 Å². The Morgan fingerprint density at radius 3 is 2.33 bits per heavy atom. The Morgan fingerprint density at radius 2 is 1.73 bits per heavy atom. The predicted octanol–water partition coefficient (Wildman–Crippen LogP) is 1.80. The Morgan fingerprint density at radius 1 is 1.06 bits per heavy atom. The SMILES string of the molecule is Cc1c(C#N)c(NC(=O)CN2CCN(CC(=O)N3CCCC3)CC2)n(Cc2ccco2)c1C. The molecule has 0 bridgehead atoms. The van der Waals surface area contributed by atoms with E-state index in [2.05, 4.69) is 21.2 Å². The number of anilines is 1. The number of amides is 2. The van der Waals surface area contributed by atoms with Crippen LogP contribution in [0.1, 0.15) is 35.4 Å². The zero-order valence-electron chi connectivity index (χ0n) is 19.5. The van der Waals surface area contributed by atoms with Crippen molar-refractivity contribution in [2.75, 3.05) is 57.7 Å². The molecule has 2 aromatic rings. The van der Waals surface area contributed by atoms with Crippen molar-refractivity contribution >= 4 is 17.6 Å². The highest BCUT2D eigenvalue weighted by Gasteiger charge is 2.25. The normalized spacial score (nSPS) is 17.3. The van der Waals surface area contributed by atoms with Crippen molar-refractivity contribution in [3.05, 3.63) is 41.0 Å². The van der Waals surface area contributed by atoms with Gasteiger partial charge in [0.1, 0.15) is 17.6 Å². The standard InChI is InChI=1S/C24H32N6O3/c1-18-19(2)30(15-20-6-5-13-33-20)24(21(18)14-25)26-22(31)16-27-9-11-28(12-10-27)17-23(32)29-7-3-4-8-29/h5-6,13H,3-4,7-12,15-17H2,1-2H3,(H,26,31). The second kappa shape index (κ2) is 10.2. The van der Waals surface area contributed by atoms with Crippen molar-refractivity contribution in [1.29, 1.82) is 5.26 Å². The number of nitrogens with zero attached hydrogens (tertiary/aromatic N) is 5. The molecule has 2 saturated heterocycles. The van der Waals surface area contributed by atoms with Crippen molar-refractivity contribution in [3.63, 3.8) is 0 Å². The fourth-order valence-electron chi connectivity index (χ4n) is 4.62. The van der Waals surface area contributed by atoms with E-state index in [1.807, 2.05) is 35.4 Å². The van der Waals surface area contributed by atoms with Crippen molar-refractivity contribution in [1.82, 2.24) is 19.3 Å². The Bertz CT molecular complexity index is 1020. The molecule has 4 heterocycles. The summed E-state index contributed by atoms with van der Waals surface area (Å²) in [7, 11) is 0. The lowest BCUT2D eigenvalue weighted by Gasteiger charge is -2.34. The van der Waals surface area contributed by atoms with Gasteiger partial charge < -0.3 is 19.2 Å². The molecule has 33 heavy (non-hydrogen) atoms. The van der Waals surface area contributed by atoms with Gasteiger partial charge in [0, 0.05) is 45.0 Å². The number of hydrogen-bond donors (Lipinski definition) is 1. The summed E-state index contributed by atoms with van der Waals surface area (Å²) >= 11 is 0. The highest BCUT2D eigenvalue weighted by molar-refractivity contribution is 5.93. The van der Waals surface area contributed by atoms with Crippen LogP contribution in [0, 0.1) is 25.2 Å². The lowest BCUT2D eigenvalue weighted by molar-refractivity contribution is -0.132. The van der Waals surface area contributed by atoms with Crippen LogP contribution in [0.2, 0.25) is 0 Å². The molecule has 9 heteroatoms. The number of likely N-dealkylation sites (tertiary alicyclic amines) is 1. The van der Waals surface area contributed by atoms with Gasteiger partial charge in [0.05, 0.1) is 31.5 Å². The van der Waals surface area contributed by atoms with Crippen LogP contribution in [-0.2, 0) is 16.1 Å². The molecule has 0 spiro atoms. The van der Waals surface area contributed by atoms with Gasteiger partial charge in [0.2, 0.25) is 11.8 Å². The lowest BCUT2D eigenvalue weighted by atomic mass is 10.2. The maximum absolute atomic E-state index is 12.9. The number of carbonyl (C=O) groups excluding carboxylic acids is 2. The van der Waals surface area contributed by atoms with Crippen molar-refractivity contribution < 1.29 is 14.0 Å². The summed E-state index contributed by atoms with van der Waals surface area (Å²) in [6.07, 6.45) is 3.82. The molecule has 2 aromatic heterocycles. The molecular weight excluding hydrogens is 420 g/mol. The molecule has 9 nitrogen and oxygen atoms in total. The van der Waals surface area contributed by atoms with Gasteiger partial charge in [-0.25, -0.2) is 0 Å². The van der Waals surface area contributed by atoms with E-state index in [-0.39, 0.29) is 18.4 Å². The maximum atomic E-state index is 12.9. The van der Waals surface area contributed by atoms with Gasteiger partial charge in [0.25, 0.3) is 0 Å². The fraction of sp³-hybridized carbons (Fsp3) is 0.542. The van der Waals surface area contributed by atoms with E-state index in [1.165, 1.54) is 0 Å². The minimum Gasteiger partial charge on any atom is -0.467 e. The van der Waals surface area contributed by atoms with E-state index in [0.717, 1.165) is 69.1 Å². The summed E-state index contributed by atoms with van der Waals surface area (Å²) in [5.41, 5.74) is 2.27. The number of hydrogen-bond acceptors (Lipinski definition) is 6. The van der Waals surface area contributed by atoms with E-state index in [1.54, 1.807) is 6.26 Å². The molecule has 4 rings (SSSR count). The summed E-state index contributed by atoms with van der Waals surface area (Å²) in [6.45, 7) is 9.76. The molecule has 2 amide bonds. The van der Waals surface area contributed by atoms with Gasteiger partial charge in [-0.2, -0.15) is 5.26 Å². The first-order valence-corrected chi connectivity index (χ1v) is 11.6. The van der Waals surface area contributed by atoms with Crippen molar-refractivity contribution in [2.24, 2.45) is 0 Å². The van der Waals surface area contributed by atoms with Gasteiger partial charge in [-0.15, -0.1) is 0 Å². The number of nitrogens with one attached hydrogen (secondary N) is 1. The summed E-state index contributed by atoms with van der Waals surface area (Å²) in [6, 6.07) is 5.94. The smallest absolute Gasteiger partial charge is 0.239 e. The number of furan rings is 1. The number of nitriles is 1. The monoisotopic (exact) mass is 452 g/mol. The molecular formula is C24H32N6O3. The zero-order chi connectivity index (χ0) is 23.4. The first kappa shape index (κ1) is 23.1. The third-order valence-corrected chi connectivity index (χ3v) is 6.74. The lowest BCUT2D eigenvalue weighted by Crippen LogP contribution is -2.51. The van der Waals surface area contributed by atoms with Gasteiger partial charge in [-0.3, -0.25) is 19.4 Å². The van der Waals surface area contributed by atoms with Crippen LogP contribution in [0.25, 0.3) is 0 Å². The molecule has 2 aliphatic rings. The number of piperazine rings is 1. The summed E-state index contributed by atoms with van der Waals surface area (Å²) in [4.78, 5) is 31.5. The fourth-order valence-corrected chi connectivity index (χ4v) is 4.62. The molecule has 2 aliphatic heterocycles. The van der Waals surface area contributed by atoms with Crippen LogP contribution in [-0.4, -0.2) is 83.4 Å². The molecule has 176 valence electrons. The van der Waals surface area contributed by atoms with Crippen LogP contribution in [0.5, 0.6) is 0 Å². The predicted molar refractivity (Wildman–Crippen MR) is 124 cm³/mol. The van der Waals surface area contributed by atoms with Crippen LogP contribution in [0.3, 0.4) is 0 Å². The van der Waals surface area contributed by atoms with E-state index in [0.29, 0.717) is 24.5 Å². The van der Waals surface area contributed by atoms with Crippen LogP contribution in [0.4, 0.5) is 5.82 Å². The Balaban J connectivity index is 1.33. The molecule has 1 N–H and O–H groups in total. The number of carbonyl (C=O) groups is 2. The number of aromatic nitrogens is 1. The van der Waals surface area contributed by atoms with E-state index in [4.69, 9.17) is 4.42 Å². The summed E-state index contributed by atoms with van der Waals surface area (Å²) in [5.74, 6) is 1.34. The van der Waals surface area contributed by atoms with E-state index < -0.39 is 0 Å². The Kier molecular flexibility index (Phi) is 7.16. The molecule has 0 atom stereocenters. The molecule has 0 saturated carbocycles.